The van der Waals surface area contributed by atoms with E-state index in [0.717, 1.165) is 29.9 Å². The van der Waals surface area contributed by atoms with E-state index in [1.54, 1.807) is 6.26 Å². The van der Waals surface area contributed by atoms with Gasteiger partial charge in [-0.05, 0) is 37.1 Å². The Hall–Kier alpha value is -2.44. The quantitative estimate of drug-likeness (QED) is 0.746. The van der Waals surface area contributed by atoms with Gasteiger partial charge in [0.2, 0.25) is 5.89 Å². The second-order valence-corrected chi connectivity index (χ2v) is 7.01. The third kappa shape index (κ3) is 3.65. The van der Waals surface area contributed by atoms with E-state index in [0.29, 0.717) is 23.0 Å². The number of nitrogens with zero attached hydrogens (tertiary/aromatic N) is 1. The maximum atomic E-state index is 12.3. The van der Waals surface area contributed by atoms with Crippen LogP contribution < -0.4 is 5.32 Å². The monoisotopic (exact) mass is 354 g/mol. The highest BCUT2D eigenvalue weighted by Crippen LogP contribution is 2.33. The number of nitrogens with one attached hydrogen (secondary N) is 1. The van der Waals surface area contributed by atoms with Crippen LogP contribution in [-0.2, 0) is 11.3 Å². The lowest BCUT2D eigenvalue weighted by molar-refractivity contribution is 0.0954. The van der Waals surface area contributed by atoms with Gasteiger partial charge in [-0.2, -0.15) is 0 Å². The molecule has 4 rings (SSSR count). The summed E-state index contributed by atoms with van der Waals surface area (Å²) in [6, 6.07) is 13.5. The summed E-state index contributed by atoms with van der Waals surface area (Å²) in [5.74, 6) is 0.458. The van der Waals surface area contributed by atoms with Crippen molar-refractivity contribution in [1.82, 2.24) is 10.3 Å². The van der Waals surface area contributed by atoms with E-state index < -0.39 is 0 Å². The van der Waals surface area contributed by atoms with Crippen LogP contribution in [0.5, 0.6) is 0 Å². The Labute approximate surface area is 149 Å². The fourth-order valence-corrected chi connectivity index (χ4v) is 3.82. The van der Waals surface area contributed by atoms with E-state index in [2.05, 4.69) is 10.3 Å². The smallest absolute Gasteiger partial charge is 0.261 e. The maximum Gasteiger partial charge on any atom is 0.261 e. The van der Waals surface area contributed by atoms with Crippen molar-refractivity contribution in [2.75, 3.05) is 6.61 Å². The summed E-state index contributed by atoms with van der Waals surface area (Å²) < 4.78 is 11.1. The van der Waals surface area contributed by atoms with Gasteiger partial charge in [-0.25, -0.2) is 4.98 Å². The first-order chi connectivity index (χ1) is 12.3. The van der Waals surface area contributed by atoms with E-state index in [9.17, 15) is 4.79 Å². The number of ether oxygens (including phenoxy) is 1. The third-order valence-corrected chi connectivity index (χ3v) is 5.28. The Bertz CT molecular complexity index is 850. The number of oxazole rings is 1. The topological polar surface area (TPSA) is 64.4 Å². The van der Waals surface area contributed by atoms with Crippen LogP contribution in [-0.4, -0.2) is 17.5 Å². The van der Waals surface area contributed by atoms with Crippen LogP contribution in [0.3, 0.4) is 0 Å². The minimum absolute atomic E-state index is 0.0986. The third-order valence-electron chi connectivity index (χ3n) is 4.10. The maximum absolute atomic E-state index is 12.3. The number of hydrogen-bond acceptors (Lipinski definition) is 5. The Morgan fingerprint density at radius 1 is 1.24 bits per heavy atom. The van der Waals surface area contributed by atoms with Crippen molar-refractivity contribution in [3.05, 3.63) is 64.2 Å². The van der Waals surface area contributed by atoms with E-state index in [-0.39, 0.29) is 12.0 Å². The highest BCUT2D eigenvalue weighted by Gasteiger charge is 2.21. The van der Waals surface area contributed by atoms with Crippen LogP contribution in [0.4, 0.5) is 0 Å². The molecule has 1 saturated heterocycles. The Balaban J connectivity index is 1.37. The lowest BCUT2D eigenvalue weighted by Crippen LogP contribution is -2.21. The number of carbonyl (C=O) groups is 1. The molecule has 1 atom stereocenters. The van der Waals surface area contributed by atoms with Crippen molar-refractivity contribution in [1.29, 1.82) is 0 Å². The summed E-state index contributed by atoms with van der Waals surface area (Å²) in [5, 5.41) is 2.89. The molecule has 25 heavy (non-hydrogen) atoms. The molecule has 2 aromatic heterocycles. The summed E-state index contributed by atoms with van der Waals surface area (Å²) in [4.78, 5) is 18.6. The summed E-state index contributed by atoms with van der Waals surface area (Å²) in [5.41, 5.74) is 1.61. The second kappa shape index (κ2) is 7.21. The van der Waals surface area contributed by atoms with Crippen molar-refractivity contribution < 1.29 is 13.9 Å². The molecule has 1 aliphatic rings. The normalized spacial score (nSPS) is 16.9. The molecule has 1 aromatic carbocycles. The van der Waals surface area contributed by atoms with E-state index in [1.807, 2.05) is 42.5 Å². The Kier molecular flexibility index (Phi) is 4.63. The van der Waals surface area contributed by atoms with Gasteiger partial charge in [-0.3, -0.25) is 4.79 Å². The molecular weight excluding hydrogens is 336 g/mol. The first-order valence-corrected chi connectivity index (χ1v) is 9.10. The first kappa shape index (κ1) is 16.1. The molecule has 1 aliphatic heterocycles. The summed E-state index contributed by atoms with van der Waals surface area (Å²) in [6.45, 7) is 1.14. The molecule has 0 bridgehead atoms. The number of benzene rings is 1. The van der Waals surface area contributed by atoms with Gasteiger partial charge in [0.15, 0.2) is 0 Å². The van der Waals surface area contributed by atoms with Crippen molar-refractivity contribution in [3.63, 3.8) is 0 Å². The van der Waals surface area contributed by atoms with Gasteiger partial charge >= 0.3 is 0 Å². The van der Waals surface area contributed by atoms with Crippen molar-refractivity contribution in [3.8, 4) is 11.5 Å². The van der Waals surface area contributed by atoms with Gasteiger partial charge in [0.1, 0.15) is 6.26 Å². The largest absolute Gasteiger partial charge is 0.444 e. The van der Waals surface area contributed by atoms with Gasteiger partial charge < -0.3 is 14.5 Å². The molecule has 1 fully saturated rings. The SMILES string of the molecule is O=C(NCc1coc(-c2ccccc2)n1)c1ccc([C@@H]2CCCO2)s1. The average Bonchev–Trinajstić information content (AvgIpc) is 3.41. The molecule has 3 heterocycles. The molecule has 0 spiro atoms. The van der Waals surface area contributed by atoms with E-state index in [1.165, 1.54) is 11.3 Å². The zero-order valence-electron chi connectivity index (χ0n) is 13.6. The van der Waals surface area contributed by atoms with Gasteiger partial charge in [-0.15, -0.1) is 11.3 Å². The van der Waals surface area contributed by atoms with Crippen LogP contribution in [0, 0.1) is 0 Å². The molecule has 6 heteroatoms. The van der Waals surface area contributed by atoms with Crippen LogP contribution in [0.1, 0.15) is 39.2 Å². The van der Waals surface area contributed by atoms with Gasteiger partial charge in [-0.1, -0.05) is 18.2 Å². The Morgan fingerprint density at radius 3 is 2.92 bits per heavy atom. The van der Waals surface area contributed by atoms with Crippen molar-refractivity contribution in [2.45, 2.75) is 25.5 Å². The molecule has 0 radical (unpaired) electrons. The predicted octanol–water partition coefficient (Wildman–Crippen LogP) is 4.18. The molecule has 3 aromatic rings. The summed E-state index contributed by atoms with van der Waals surface area (Å²) in [7, 11) is 0. The predicted molar refractivity (Wildman–Crippen MR) is 95.4 cm³/mol. The zero-order chi connectivity index (χ0) is 17.1. The second-order valence-electron chi connectivity index (χ2n) is 5.90. The number of aromatic nitrogens is 1. The standard InChI is InChI=1S/C19H18N2O3S/c22-18(17-9-8-16(25-17)15-7-4-10-23-15)20-11-14-12-24-19(21-14)13-5-2-1-3-6-13/h1-3,5-6,8-9,12,15H,4,7,10-11H2,(H,20,22)/t15-/m0/s1. The van der Waals surface area contributed by atoms with Crippen molar-refractivity contribution in [2.24, 2.45) is 0 Å². The molecule has 128 valence electrons. The lowest BCUT2D eigenvalue weighted by atomic mass is 10.2. The number of thiophene rings is 1. The van der Waals surface area contributed by atoms with Crippen LogP contribution in [0.2, 0.25) is 0 Å². The van der Waals surface area contributed by atoms with Crippen LogP contribution in [0.25, 0.3) is 11.5 Å². The molecule has 1 N–H and O–H groups in total. The first-order valence-electron chi connectivity index (χ1n) is 8.29. The summed E-state index contributed by atoms with van der Waals surface area (Å²) in [6.07, 6.45) is 3.84. The average molecular weight is 354 g/mol. The van der Waals surface area contributed by atoms with Gasteiger partial charge in [0, 0.05) is 17.0 Å². The molecule has 0 unspecified atom stereocenters. The van der Waals surface area contributed by atoms with E-state index in [4.69, 9.17) is 9.15 Å². The molecule has 0 saturated carbocycles. The van der Waals surface area contributed by atoms with Gasteiger partial charge in [0.25, 0.3) is 5.91 Å². The molecular formula is C19H18N2O3S. The number of hydrogen-bond donors (Lipinski definition) is 1. The number of rotatable bonds is 5. The number of carbonyl (C=O) groups excluding carboxylic acids is 1. The molecule has 0 aliphatic carbocycles. The lowest BCUT2D eigenvalue weighted by Gasteiger charge is -2.05. The molecule has 5 nitrogen and oxygen atoms in total. The van der Waals surface area contributed by atoms with Crippen molar-refractivity contribution >= 4 is 17.2 Å². The minimum Gasteiger partial charge on any atom is -0.444 e. The zero-order valence-corrected chi connectivity index (χ0v) is 14.4. The van der Waals surface area contributed by atoms with Crippen LogP contribution >= 0.6 is 11.3 Å². The fraction of sp³-hybridized carbons (Fsp3) is 0.263. The van der Waals surface area contributed by atoms with E-state index >= 15 is 0 Å². The molecule has 1 amide bonds. The minimum atomic E-state index is -0.0986. The highest BCUT2D eigenvalue weighted by molar-refractivity contribution is 7.14. The van der Waals surface area contributed by atoms with Gasteiger partial charge in [0.05, 0.1) is 23.2 Å². The fourth-order valence-electron chi connectivity index (χ4n) is 2.81. The number of amides is 1. The highest BCUT2D eigenvalue weighted by atomic mass is 32.1. The Morgan fingerprint density at radius 2 is 2.12 bits per heavy atom. The van der Waals surface area contributed by atoms with Crippen LogP contribution in [0.15, 0.2) is 53.1 Å². The summed E-state index contributed by atoms with van der Waals surface area (Å²) >= 11 is 1.49.